The van der Waals surface area contributed by atoms with Crippen LogP contribution in [0.3, 0.4) is 0 Å². The first-order valence-electron chi connectivity index (χ1n) is 49.6. The fourth-order valence-electron chi connectivity index (χ4n) is 15.2. The lowest BCUT2D eigenvalue weighted by atomic mass is 9.96. The van der Waals surface area contributed by atoms with E-state index >= 15 is 0 Å². The van der Waals surface area contributed by atoms with Crippen molar-refractivity contribution < 1.29 is 89.2 Å². The van der Waals surface area contributed by atoms with E-state index in [0.717, 1.165) is 61.6 Å². The van der Waals surface area contributed by atoms with Gasteiger partial charge in [0.25, 0.3) is 8.32 Å². The molecule has 2 fully saturated rings. The van der Waals surface area contributed by atoms with Crippen molar-refractivity contribution in [2.24, 2.45) is 17.8 Å². The Bertz CT molecular complexity index is 5150. The number of methoxy groups -OCH3 is 4. The maximum Gasteiger partial charge on any atom is 0.342 e. The second kappa shape index (κ2) is 56.1. The van der Waals surface area contributed by atoms with Gasteiger partial charge >= 0.3 is 11.9 Å². The normalized spacial score (nSPS) is 17.4. The predicted octanol–water partition coefficient (Wildman–Crippen LogP) is 26.8. The molecular weight excluding hydrogens is 1980 g/mol. The fourth-order valence-corrected chi connectivity index (χ4v) is 25.4. The lowest BCUT2D eigenvalue weighted by molar-refractivity contribution is -0.152. The zero-order chi connectivity index (χ0) is 104. The van der Waals surface area contributed by atoms with Crippen molar-refractivity contribution in [1.82, 2.24) is 0 Å². The molecule has 0 spiro atoms. The van der Waals surface area contributed by atoms with Crippen LogP contribution in [-0.2, 0) is 79.6 Å². The summed E-state index contributed by atoms with van der Waals surface area (Å²) in [5, 5.41) is 2.40. The summed E-state index contributed by atoms with van der Waals surface area (Å²) >= 11 is 4.05. The highest BCUT2D eigenvalue weighted by Crippen LogP contribution is 2.45. The number of hydrogen-bond donors (Lipinski definition) is 0. The Kier molecular flexibility index (Phi) is 48.0. The summed E-state index contributed by atoms with van der Waals surface area (Å²) in [6.45, 7) is 64.3. The quantitative estimate of drug-likeness (QED) is 0.00402. The van der Waals surface area contributed by atoms with Crippen LogP contribution in [0.1, 0.15) is 192 Å². The summed E-state index contributed by atoms with van der Waals surface area (Å²) in [5.41, 5.74) is 5.38. The highest BCUT2D eigenvalue weighted by Gasteiger charge is 2.53. The topological polar surface area (TPSA) is 191 Å². The van der Waals surface area contributed by atoms with Crippen LogP contribution in [0.5, 0.6) is 23.0 Å². The molecule has 2 aliphatic heterocycles. The van der Waals surface area contributed by atoms with E-state index in [0.29, 0.717) is 78.6 Å². The molecule has 2 saturated heterocycles. The first-order chi connectivity index (χ1) is 66.2. The molecule has 7 aromatic rings. The Hall–Kier alpha value is -7.26. The third-order valence-corrected chi connectivity index (χ3v) is 45.0. The minimum atomic E-state index is -2.83. The van der Waals surface area contributed by atoms with Crippen molar-refractivity contribution in [2.75, 3.05) is 72.9 Å². The standard InChI is InChI=1S/C62H88O10Si3.C32H38O6SSi.C21H41IO3Si/c1-46(47(2)71-75(61(6,7)8,51-27-20-18-21-28-51)52-29-22-19-23-30-52)33-39-56(72-74(16,17)60(3,4)5)58-55(69-62(9,10)70-58)32-24-31-53-49(26-25-41-66-44-48-34-37-50(65-12)38-35-48)36-40-54(68-45-64-11)57(53)59(63)67-42-43-73(13,14)15;1-34-24-38-30-18-15-26(10-9-19-36-22-25-13-16-27(35-2)17-14-25)29(23-39-28-11-7-6-8-12-28)31(30)32(33)37-20-21-40(3,4)5;1-15(2)16(3)11-12-18(25-26(9,10)20(4,5)6)19-17(13-14-22)23-21(7,8)24-19/h18-24,27-31,33-40,46-47,55-56,58H,32,41-45H2,1-17H3;6-8,11-18H,19-24H2,1-5H3;11-12,15-19H,13-14H2,1-10H3/b31-24+,39-33-;;12-11-/t46-,47+,55+,56?,58+;;16-,17+,18?,19+/m1.1/s1. The predicted molar refractivity (Wildman–Crippen MR) is 598 cm³/mol. The molecule has 0 bridgehead atoms. The van der Waals surface area contributed by atoms with E-state index in [1.165, 1.54) is 10.4 Å². The molecule has 9 atom stereocenters. The van der Waals surface area contributed by atoms with Crippen LogP contribution < -0.4 is 29.3 Å². The van der Waals surface area contributed by atoms with Gasteiger partial charge in [0.1, 0.15) is 59.5 Å². The summed E-state index contributed by atoms with van der Waals surface area (Å²) in [7, 11) is -3.66. The largest absolute Gasteiger partial charge is 0.497 e. The number of carbonyl (C=O) groups is 2. The smallest absolute Gasteiger partial charge is 0.342 e. The Balaban J connectivity index is 0.000000338. The van der Waals surface area contributed by atoms with Gasteiger partial charge < -0.3 is 79.6 Å². The van der Waals surface area contributed by atoms with Crippen LogP contribution in [0.15, 0.2) is 199 Å². The molecule has 7 aromatic carbocycles. The Morgan fingerprint density at radius 1 is 0.489 bits per heavy atom. The number of rotatable bonds is 46. The van der Waals surface area contributed by atoms with Gasteiger partial charge in [0, 0.05) is 68.2 Å². The van der Waals surface area contributed by atoms with Crippen LogP contribution in [0.2, 0.25) is 92.7 Å². The molecule has 2 heterocycles. The van der Waals surface area contributed by atoms with Gasteiger partial charge in [-0.2, -0.15) is 0 Å². The number of halogens is 1. The molecule has 2 aliphatic rings. The van der Waals surface area contributed by atoms with Gasteiger partial charge in [-0.25, -0.2) is 9.59 Å². The zero-order valence-corrected chi connectivity index (χ0v) is 98.7. The molecule has 0 N–H and O–H groups in total. The number of hydrogen-bond acceptors (Lipinski definition) is 20. The first-order valence-corrected chi connectivity index (χ1v) is 67.3. The number of esters is 2. The summed E-state index contributed by atoms with van der Waals surface area (Å²) < 4.78 is 105. The van der Waals surface area contributed by atoms with E-state index in [-0.39, 0.29) is 77.8 Å². The van der Waals surface area contributed by atoms with Crippen molar-refractivity contribution in [3.8, 4) is 46.7 Å². The van der Waals surface area contributed by atoms with Crippen molar-refractivity contribution in [1.29, 1.82) is 0 Å². The van der Waals surface area contributed by atoms with Gasteiger partial charge in [0.2, 0.25) is 0 Å². The first kappa shape index (κ1) is 121. The van der Waals surface area contributed by atoms with Crippen molar-refractivity contribution in [2.45, 2.75) is 308 Å². The van der Waals surface area contributed by atoms with Crippen LogP contribution in [0, 0.1) is 41.4 Å². The number of alkyl halides is 1. The minimum absolute atomic E-state index is 0.00902. The second-order valence-corrected chi connectivity index (χ2v) is 71.2. The number of thioether (sulfide) groups is 1. The average molecular weight is 2150 g/mol. The monoisotopic (exact) mass is 2150 g/mol. The number of benzene rings is 7. The molecule has 9 rings (SSSR count). The molecule has 0 aliphatic carbocycles. The number of ether oxygens (including phenoxy) is 14. The van der Waals surface area contributed by atoms with E-state index in [9.17, 15) is 9.59 Å². The lowest BCUT2D eigenvalue weighted by Crippen LogP contribution is -2.67. The molecule has 0 amide bonds. The van der Waals surface area contributed by atoms with E-state index in [1.807, 2.05) is 131 Å². The molecule has 26 heteroatoms. The van der Waals surface area contributed by atoms with Crippen molar-refractivity contribution >= 4 is 104 Å². The van der Waals surface area contributed by atoms with Gasteiger partial charge in [-0.1, -0.05) is 315 Å². The minimum Gasteiger partial charge on any atom is -0.497 e. The number of allylic oxidation sites excluding steroid dienone is 1. The van der Waals surface area contributed by atoms with E-state index < -0.39 is 82.9 Å². The molecule has 19 nitrogen and oxygen atoms in total. The molecule has 2 unspecified atom stereocenters. The van der Waals surface area contributed by atoms with Gasteiger partial charge in [0.05, 0.1) is 65.1 Å². The Morgan fingerprint density at radius 2 is 0.908 bits per heavy atom. The molecule has 0 radical (unpaired) electrons. The third-order valence-electron chi connectivity index (χ3n) is 25.9. The Labute approximate surface area is 870 Å². The van der Waals surface area contributed by atoms with Crippen molar-refractivity contribution in [3.05, 3.63) is 239 Å². The molecular formula is C115H167IO19SSi5. The van der Waals surface area contributed by atoms with Gasteiger partial charge in [-0.3, -0.25) is 0 Å². The van der Waals surface area contributed by atoms with Crippen LogP contribution in [-0.4, -0.2) is 180 Å². The SMILES string of the molecule is CC(C)[C@H](C)/C=C\C(O[Si](C)(C)C(C)(C)C)[C@H]1OC(C)(C)O[C@H]1CCI.COCOc1ccc(C#CCOCc2ccc(OC)cc2)c(/C=C/C[C@@H]2OC(C)(C)O[C@@H]2C(/C=C\[C@@H](C)[C@H](C)O[Si](c2ccccc2)(c2ccccc2)C(C)(C)C)O[Si](C)(C)C(C)(C)C)c1C(=O)OCC[Si](C)(C)C.COCOc1ccc(C#CCOCc2ccc(OC)cc2)c(CSc2ccccc2)c1C(=O)OCC[Si](C)(C)C. The molecule has 0 aromatic heterocycles. The van der Waals surface area contributed by atoms with Gasteiger partial charge in [-0.05, 0) is 206 Å². The van der Waals surface area contributed by atoms with Crippen LogP contribution >= 0.6 is 34.4 Å². The second-order valence-electron chi connectivity index (χ2n) is 44.0. The fraction of sp³-hybridized carbons (Fsp3) is 0.530. The van der Waals surface area contributed by atoms with E-state index in [1.54, 1.807) is 52.3 Å². The zero-order valence-electron chi connectivity index (χ0n) is 90.8. The summed E-state index contributed by atoms with van der Waals surface area (Å²) in [4.78, 5) is 28.8. The van der Waals surface area contributed by atoms with Gasteiger partial charge in [0.15, 0.2) is 41.8 Å². The molecule has 0 saturated carbocycles. The summed E-state index contributed by atoms with van der Waals surface area (Å²) in [6.07, 6.45) is 12.9. The summed E-state index contributed by atoms with van der Waals surface area (Å²) in [5.74, 6) is 14.4. The van der Waals surface area contributed by atoms with E-state index in [4.69, 9.17) is 79.6 Å². The van der Waals surface area contributed by atoms with E-state index in [2.05, 4.69) is 294 Å². The van der Waals surface area contributed by atoms with Crippen LogP contribution in [0.25, 0.3) is 6.08 Å². The average Bonchev–Trinajstić information content (AvgIpc) is 1.50. The lowest BCUT2D eigenvalue weighted by Gasteiger charge is -2.45. The summed E-state index contributed by atoms with van der Waals surface area (Å²) in [6, 6.07) is 56.0. The maximum atomic E-state index is 14.3. The highest BCUT2D eigenvalue weighted by molar-refractivity contribution is 14.1. The Morgan fingerprint density at radius 3 is 1.33 bits per heavy atom. The van der Waals surface area contributed by atoms with Crippen molar-refractivity contribution in [3.63, 3.8) is 0 Å². The molecule has 141 heavy (non-hydrogen) atoms. The van der Waals surface area contributed by atoms with Gasteiger partial charge in [-0.15, -0.1) is 11.8 Å². The number of carbonyl (C=O) groups excluding carboxylic acids is 2. The maximum absolute atomic E-state index is 14.3. The highest BCUT2D eigenvalue weighted by atomic mass is 127. The van der Waals surface area contributed by atoms with Crippen LogP contribution in [0.4, 0.5) is 0 Å². The molecule has 774 valence electrons. The third kappa shape index (κ3) is 38.5.